The van der Waals surface area contributed by atoms with Crippen LogP contribution in [0.5, 0.6) is 0 Å². The first-order valence-corrected chi connectivity index (χ1v) is 9.39. The van der Waals surface area contributed by atoms with Crippen molar-refractivity contribution in [1.29, 1.82) is 0 Å². The van der Waals surface area contributed by atoms with E-state index in [0.29, 0.717) is 10.8 Å². The van der Waals surface area contributed by atoms with Crippen molar-refractivity contribution in [2.24, 2.45) is 5.41 Å². The number of fused-ring (bicyclic) bond motifs is 2. The molecule has 0 unspecified atom stereocenters. The zero-order chi connectivity index (χ0) is 19.8. The molecule has 0 atom stereocenters. The Morgan fingerprint density at radius 1 is 0.889 bits per heavy atom. The molecule has 1 amide bonds. The van der Waals surface area contributed by atoms with E-state index in [0.717, 1.165) is 17.5 Å². The summed E-state index contributed by atoms with van der Waals surface area (Å²) in [4.78, 5) is 25.7. The maximum Gasteiger partial charge on any atom is 0.240 e. The summed E-state index contributed by atoms with van der Waals surface area (Å²) < 4.78 is 1.94. The van der Waals surface area contributed by atoms with Crippen LogP contribution in [-0.2, 0) is 11.3 Å². The minimum atomic E-state index is -0.306. The highest BCUT2D eigenvalue weighted by Gasteiger charge is 2.27. The molecule has 0 saturated carbocycles. The standard InChI is InChI=1S/C23H28N2O2/c1-22(2,3)15-23(4,5)24-20(26)14-25-18-12-8-6-10-16(18)21(27)17-11-7-9-13-19(17)25/h6-13H,14-15H2,1-5H3,(H,24,26). The van der Waals surface area contributed by atoms with Gasteiger partial charge < -0.3 is 9.88 Å². The number of rotatable bonds is 4. The molecule has 0 aliphatic rings. The Morgan fingerprint density at radius 2 is 1.37 bits per heavy atom. The van der Waals surface area contributed by atoms with Crippen molar-refractivity contribution < 1.29 is 4.79 Å². The maximum atomic E-state index is 12.9. The number of carbonyl (C=O) groups is 1. The molecule has 4 nitrogen and oxygen atoms in total. The summed E-state index contributed by atoms with van der Waals surface area (Å²) in [5, 5.41) is 4.44. The van der Waals surface area contributed by atoms with E-state index in [2.05, 4.69) is 39.9 Å². The molecule has 0 spiro atoms. The fourth-order valence-corrected chi connectivity index (χ4v) is 4.18. The van der Waals surface area contributed by atoms with Gasteiger partial charge in [0.05, 0.1) is 11.0 Å². The first-order valence-electron chi connectivity index (χ1n) is 9.39. The van der Waals surface area contributed by atoms with Crippen molar-refractivity contribution in [2.45, 2.75) is 53.1 Å². The number of benzene rings is 2. The summed E-state index contributed by atoms with van der Waals surface area (Å²) in [6, 6.07) is 14.9. The lowest BCUT2D eigenvalue weighted by Crippen LogP contribution is -2.47. The minimum absolute atomic E-state index is 0.00548. The third kappa shape index (κ3) is 4.21. The predicted molar refractivity (Wildman–Crippen MR) is 112 cm³/mol. The van der Waals surface area contributed by atoms with Gasteiger partial charge in [0, 0.05) is 16.3 Å². The molecular formula is C23H28N2O2. The van der Waals surface area contributed by atoms with Gasteiger partial charge in [-0.1, -0.05) is 45.0 Å². The van der Waals surface area contributed by atoms with Crippen molar-refractivity contribution in [2.75, 3.05) is 0 Å². The van der Waals surface area contributed by atoms with E-state index in [1.54, 1.807) is 0 Å². The van der Waals surface area contributed by atoms with Crippen LogP contribution in [0.15, 0.2) is 53.3 Å². The fraction of sp³-hybridized carbons (Fsp3) is 0.391. The monoisotopic (exact) mass is 364 g/mol. The van der Waals surface area contributed by atoms with Crippen LogP contribution in [0.4, 0.5) is 0 Å². The van der Waals surface area contributed by atoms with Crippen LogP contribution in [0.1, 0.15) is 41.0 Å². The molecule has 0 aliphatic carbocycles. The van der Waals surface area contributed by atoms with Crippen LogP contribution in [0.3, 0.4) is 0 Å². The highest BCUT2D eigenvalue weighted by Crippen LogP contribution is 2.27. The van der Waals surface area contributed by atoms with E-state index < -0.39 is 0 Å². The SMILES string of the molecule is CC(C)(C)CC(C)(C)NC(=O)Cn1c2ccccc2c(=O)c2ccccc21. The van der Waals surface area contributed by atoms with Crippen LogP contribution in [0.25, 0.3) is 21.8 Å². The molecule has 27 heavy (non-hydrogen) atoms. The lowest BCUT2D eigenvalue weighted by Gasteiger charge is -2.33. The molecule has 1 N–H and O–H groups in total. The van der Waals surface area contributed by atoms with Crippen molar-refractivity contribution in [3.63, 3.8) is 0 Å². The first-order chi connectivity index (χ1) is 12.6. The highest BCUT2D eigenvalue weighted by molar-refractivity contribution is 5.94. The molecule has 0 saturated heterocycles. The lowest BCUT2D eigenvalue weighted by molar-refractivity contribution is -0.123. The molecule has 142 valence electrons. The van der Waals surface area contributed by atoms with Gasteiger partial charge in [0.2, 0.25) is 5.91 Å². The largest absolute Gasteiger partial charge is 0.350 e. The summed E-state index contributed by atoms with van der Waals surface area (Å²) in [6.45, 7) is 10.8. The van der Waals surface area contributed by atoms with Gasteiger partial charge in [-0.15, -0.1) is 0 Å². The zero-order valence-corrected chi connectivity index (χ0v) is 16.8. The van der Waals surface area contributed by atoms with Crippen molar-refractivity contribution in [3.8, 4) is 0 Å². The first kappa shape index (κ1) is 19.2. The molecule has 3 rings (SSSR count). The average molecular weight is 364 g/mol. The summed E-state index contributed by atoms with van der Waals surface area (Å²) >= 11 is 0. The fourth-order valence-electron chi connectivity index (χ4n) is 4.18. The second kappa shape index (κ2) is 6.84. The summed E-state index contributed by atoms with van der Waals surface area (Å²) in [7, 11) is 0. The number of amides is 1. The maximum absolute atomic E-state index is 12.9. The Hall–Kier alpha value is -2.62. The van der Waals surface area contributed by atoms with Crippen molar-refractivity contribution in [3.05, 3.63) is 58.8 Å². The van der Waals surface area contributed by atoms with E-state index in [1.807, 2.05) is 53.1 Å². The van der Waals surface area contributed by atoms with Crippen molar-refractivity contribution in [1.82, 2.24) is 9.88 Å². The van der Waals surface area contributed by atoms with Gasteiger partial charge in [-0.05, 0) is 49.9 Å². The molecule has 0 aliphatic heterocycles. The number of pyridine rings is 1. The normalized spacial score (nSPS) is 12.5. The molecule has 1 heterocycles. The molecule has 0 radical (unpaired) electrons. The summed E-state index contributed by atoms with van der Waals surface area (Å²) in [6.07, 6.45) is 0.872. The summed E-state index contributed by atoms with van der Waals surface area (Å²) in [5.74, 6) is -0.0526. The third-order valence-electron chi connectivity index (χ3n) is 4.63. The highest BCUT2D eigenvalue weighted by atomic mass is 16.2. The molecular weight excluding hydrogens is 336 g/mol. The zero-order valence-electron chi connectivity index (χ0n) is 16.8. The third-order valence-corrected chi connectivity index (χ3v) is 4.63. The topological polar surface area (TPSA) is 51.1 Å². The number of hydrogen-bond donors (Lipinski definition) is 1. The molecule has 0 bridgehead atoms. The van der Waals surface area contributed by atoms with Crippen LogP contribution in [0.2, 0.25) is 0 Å². The smallest absolute Gasteiger partial charge is 0.240 e. The van der Waals surface area contributed by atoms with Gasteiger partial charge in [0.15, 0.2) is 5.43 Å². The Labute approximate surface area is 160 Å². The van der Waals surface area contributed by atoms with Crippen LogP contribution < -0.4 is 10.7 Å². The number of carbonyl (C=O) groups excluding carboxylic acids is 1. The average Bonchev–Trinajstić information content (AvgIpc) is 2.56. The van der Waals surface area contributed by atoms with E-state index in [4.69, 9.17) is 0 Å². The molecule has 2 aromatic carbocycles. The van der Waals surface area contributed by atoms with E-state index >= 15 is 0 Å². The van der Waals surface area contributed by atoms with Gasteiger partial charge in [0.25, 0.3) is 0 Å². The summed E-state index contributed by atoms with van der Waals surface area (Å²) in [5.41, 5.74) is 1.38. The second-order valence-electron chi connectivity index (χ2n) is 9.12. The predicted octanol–water partition coefficient (Wildman–Crippen LogP) is 4.49. The number of hydrogen-bond acceptors (Lipinski definition) is 2. The van der Waals surface area contributed by atoms with Gasteiger partial charge in [0.1, 0.15) is 6.54 Å². The number of nitrogens with one attached hydrogen (secondary N) is 1. The minimum Gasteiger partial charge on any atom is -0.350 e. The van der Waals surface area contributed by atoms with Gasteiger partial charge in [-0.2, -0.15) is 0 Å². The quantitative estimate of drug-likeness (QED) is 0.694. The number of nitrogens with zero attached hydrogens (tertiary/aromatic N) is 1. The molecule has 1 aromatic heterocycles. The van der Waals surface area contributed by atoms with E-state index in [1.165, 1.54) is 0 Å². The van der Waals surface area contributed by atoms with Gasteiger partial charge >= 0.3 is 0 Å². The molecule has 3 aromatic rings. The van der Waals surface area contributed by atoms with Crippen molar-refractivity contribution >= 4 is 27.7 Å². The Balaban J connectivity index is 2.02. The van der Waals surface area contributed by atoms with E-state index in [-0.39, 0.29) is 28.8 Å². The number of aromatic nitrogens is 1. The Morgan fingerprint density at radius 3 is 1.85 bits per heavy atom. The van der Waals surface area contributed by atoms with Crippen LogP contribution in [-0.4, -0.2) is 16.0 Å². The molecule has 4 heteroatoms. The Kier molecular flexibility index (Phi) is 4.85. The Bertz CT molecular complexity index is 995. The lowest BCUT2D eigenvalue weighted by atomic mass is 9.82. The van der Waals surface area contributed by atoms with Gasteiger partial charge in [-0.3, -0.25) is 9.59 Å². The van der Waals surface area contributed by atoms with Gasteiger partial charge in [-0.25, -0.2) is 0 Å². The van der Waals surface area contributed by atoms with E-state index in [9.17, 15) is 9.59 Å². The van der Waals surface area contributed by atoms with Crippen LogP contribution >= 0.6 is 0 Å². The number of para-hydroxylation sites is 2. The molecule has 0 fully saturated rings. The second-order valence-corrected chi connectivity index (χ2v) is 9.12. The van der Waals surface area contributed by atoms with Crippen LogP contribution in [0, 0.1) is 5.41 Å².